The van der Waals surface area contributed by atoms with E-state index in [9.17, 15) is 0 Å². The van der Waals surface area contributed by atoms with Crippen LogP contribution in [-0.4, -0.2) is 9.38 Å². The van der Waals surface area contributed by atoms with Crippen LogP contribution < -0.4 is 0 Å². The molecule has 0 N–H and O–H groups in total. The Balaban J connectivity index is 2.79. The van der Waals surface area contributed by atoms with Gasteiger partial charge in [0.15, 0.2) is 0 Å². The summed E-state index contributed by atoms with van der Waals surface area (Å²) in [4.78, 5) is 4.04. The van der Waals surface area contributed by atoms with Gasteiger partial charge in [0.1, 0.15) is 0 Å². The summed E-state index contributed by atoms with van der Waals surface area (Å²) in [5.41, 5.74) is 2.80. The van der Waals surface area contributed by atoms with E-state index in [1.807, 2.05) is 16.5 Å². The van der Waals surface area contributed by atoms with Crippen LogP contribution in [0.5, 0.6) is 0 Å². The van der Waals surface area contributed by atoms with Gasteiger partial charge in [0.05, 0.1) is 29.7 Å². The molecule has 64 valence electrons. The van der Waals surface area contributed by atoms with Crippen molar-refractivity contribution in [2.75, 3.05) is 0 Å². The van der Waals surface area contributed by atoms with Gasteiger partial charge in [-0.25, -0.2) is 4.98 Å². The van der Waals surface area contributed by atoms with Crippen LogP contribution in [0.25, 0.3) is 5.52 Å². The van der Waals surface area contributed by atoms with Crippen molar-refractivity contribution in [3.63, 3.8) is 0 Å². The summed E-state index contributed by atoms with van der Waals surface area (Å²) < 4.78 is 2.00. The Hall–Kier alpha value is -1.82. The van der Waals surface area contributed by atoms with Gasteiger partial charge in [-0.1, -0.05) is 6.92 Å². The molecule has 2 aromatic heterocycles. The number of pyridine rings is 1. The summed E-state index contributed by atoms with van der Waals surface area (Å²) in [5, 5.41) is 8.77. The van der Waals surface area contributed by atoms with E-state index in [2.05, 4.69) is 18.0 Å². The summed E-state index contributed by atoms with van der Waals surface area (Å²) in [5.74, 6) is 0. The third kappa shape index (κ3) is 1.17. The van der Waals surface area contributed by atoms with Crippen LogP contribution in [0.4, 0.5) is 0 Å². The Kier molecular flexibility index (Phi) is 1.75. The summed E-state index contributed by atoms with van der Waals surface area (Å²) in [6, 6.07) is 5.88. The van der Waals surface area contributed by atoms with Crippen molar-refractivity contribution in [2.24, 2.45) is 0 Å². The number of aromatic nitrogens is 2. The highest BCUT2D eigenvalue weighted by molar-refractivity contribution is 5.52. The predicted octanol–water partition coefficient (Wildman–Crippen LogP) is 1.77. The minimum absolute atomic E-state index is 0.699. The fourth-order valence-corrected chi connectivity index (χ4v) is 1.44. The standard InChI is InChI=1S/C10H9N3/c1-2-9-3-8(5-11)4-10-6-12-7-13(9)10/h3-4,6-7H,2H2,1H3. The lowest BCUT2D eigenvalue weighted by Crippen LogP contribution is -1.94. The van der Waals surface area contributed by atoms with Crippen molar-refractivity contribution < 1.29 is 0 Å². The minimum Gasteiger partial charge on any atom is -0.303 e. The molecule has 3 nitrogen and oxygen atoms in total. The number of hydrogen-bond donors (Lipinski definition) is 0. The van der Waals surface area contributed by atoms with E-state index in [0.29, 0.717) is 5.56 Å². The topological polar surface area (TPSA) is 41.1 Å². The molecule has 0 bridgehead atoms. The van der Waals surface area contributed by atoms with Gasteiger partial charge in [-0.15, -0.1) is 0 Å². The van der Waals surface area contributed by atoms with Gasteiger partial charge in [-0.05, 0) is 18.6 Å². The molecule has 0 unspecified atom stereocenters. The fraction of sp³-hybridized carbons (Fsp3) is 0.200. The highest BCUT2D eigenvalue weighted by Gasteiger charge is 2.01. The van der Waals surface area contributed by atoms with Gasteiger partial charge in [0.25, 0.3) is 0 Å². The van der Waals surface area contributed by atoms with Gasteiger partial charge < -0.3 is 4.40 Å². The Labute approximate surface area is 76.3 Å². The van der Waals surface area contributed by atoms with Crippen LogP contribution in [0.15, 0.2) is 24.7 Å². The van der Waals surface area contributed by atoms with E-state index in [4.69, 9.17) is 5.26 Å². The summed E-state index contributed by atoms with van der Waals surface area (Å²) in [6.07, 6.45) is 4.44. The van der Waals surface area contributed by atoms with Crippen molar-refractivity contribution in [3.05, 3.63) is 35.9 Å². The normalized spacial score (nSPS) is 10.2. The first-order valence-corrected chi connectivity index (χ1v) is 4.20. The Morgan fingerprint density at radius 3 is 3.08 bits per heavy atom. The average Bonchev–Trinajstić information content (AvgIpc) is 2.63. The van der Waals surface area contributed by atoms with Gasteiger partial charge in [0.2, 0.25) is 0 Å². The van der Waals surface area contributed by atoms with Crippen molar-refractivity contribution in [3.8, 4) is 6.07 Å². The zero-order valence-corrected chi connectivity index (χ0v) is 7.36. The first-order chi connectivity index (χ1) is 6.35. The van der Waals surface area contributed by atoms with Gasteiger partial charge in [-0.2, -0.15) is 5.26 Å². The van der Waals surface area contributed by atoms with E-state index < -0.39 is 0 Å². The van der Waals surface area contributed by atoms with E-state index in [0.717, 1.165) is 17.6 Å². The molecule has 3 heteroatoms. The molecule has 0 aromatic carbocycles. The molecule has 0 saturated carbocycles. The van der Waals surface area contributed by atoms with Crippen molar-refractivity contribution >= 4 is 5.52 Å². The second-order valence-corrected chi connectivity index (χ2v) is 2.89. The van der Waals surface area contributed by atoms with E-state index >= 15 is 0 Å². The molecule has 2 aromatic rings. The number of nitriles is 1. The first kappa shape index (κ1) is 7.81. The van der Waals surface area contributed by atoms with Gasteiger partial charge >= 0.3 is 0 Å². The SMILES string of the molecule is CCc1cc(C#N)cc2cncn12. The highest BCUT2D eigenvalue weighted by Crippen LogP contribution is 2.11. The summed E-state index contributed by atoms with van der Waals surface area (Å²) in [6.45, 7) is 2.07. The zero-order chi connectivity index (χ0) is 9.26. The lowest BCUT2D eigenvalue weighted by atomic mass is 10.2. The average molecular weight is 171 g/mol. The molecule has 0 aliphatic rings. The third-order valence-corrected chi connectivity index (χ3v) is 2.09. The van der Waals surface area contributed by atoms with Crippen LogP contribution in [0.1, 0.15) is 18.2 Å². The van der Waals surface area contributed by atoms with Crippen LogP contribution in [0.2, 0.25) is 0 Å². The first-order valence-electron chi connectivity index (χ1n) is 4.20. The molecular formula is C10H9N3. The Morgan fingerprint density at radius 2 is 2.38 bits per heavy atom. The van der Waals surface area contributed by atoms with E-state index in [-0.39, 0.29) is 0 Å². The fourth-order valence-electron chi connectivity index (χ4n) is 1.44. The van der Waals surface area contributed by atoms with Crippen molar-refractivity contribution in [1.29, 1.82) is 5.26 Å². The van der Waals surface area contributed by atoms with E-state index in [1.165, 1.54) is 0 Å². The minimum atomic E-state index is 0.699. The number of fused-ring (bicyclic) bond motifs is 1. The monoisotopic (exact) mass is 171 g/mol. The molecule has 2 heterocycles. The molecule has 0 saturated heterocycles. The third-order valence-electron chi connectivity index (χ3n) is 2.09. The highest BCUT2D eigenvalue weighted by atomic mass is 15.0. The zero-order valence-electron chi connectivity index (χ0n) is 7.36. The largest absolute Gasteiger partial charge is 0.303 e. The Morgan fingerprint density at radius 1 is 1.54 bits per heavy atom. The van der Waals surface area contributed by atoms with Crippen LogP contribution in [0, 0.1) is 11.3 Å². The van der Waals surface area contributed by atoms with Crippen LogP contribution >= 0.6 is 0 Å². The molecular weight excluding hydrogens is 162 g/mol. The van der Waals surface area contributed by atoms with Crippen LogP contribution in [0.3, 0.4) is 0 Å². The van der Waals surface area contributed by atoms with Gasteiger partial charge in [-0.3, -0.25) is 0 Å². The lowest BCUT2D eigenvalue weighted by Gasteiger charge is -2.02. The lowest BCUT2D eigenvalue weighted by molar-refractivity contribution is 0.970. The number of imidazole rings is 1. The summed E-state index contributed by atoms with van der Waals surface area (Å²) >= 11 is 0. The molecule has 0 radical (unpaired) electrons. The molecule has 0 aliphatic heterocycles. The second kappa shape index (κ2) is 2.91. The smallest absolute Gasteiger partial charge is 0.0994 e. The van der Waals surface area contributed by atoms with Crippen LogP contribution in [-0.2, 0) is 6.42 Å². The quantitative estimate of drug-likeness (QED) is 0.656. The Bertz CT molecular complexity index is 476. The van der Waals surface area contributed by atoms with Gasteiger partial charge in [0, 0.05) is 5.69 Å². The number of aryl methyl sites for hydroxylation is 1. The molecule has 0 amide bonds. The van der Waals surface area contributed by atoms with Crippen molar-refractivity contribution in [2.45, 2.75) is 13.3 Å². The molecule has 0 fully saturated rings. The maximum atomic E-state index is 8.77. The molecule has 0 spiro atoms. The van der Waals surface area contributed by atoms with Crippen molar-refractivity contribution in [1.82, 2.24) is 9.38 Å². The number of nitrogens with zero attached hydrogens (tertiary/aromatic N) is 3. The number of rotatable bonds is 1. The molecule has 2 rings (SSSR count). The predicted molar refractivity (Wildman–Crippen MR) is 49.3 cm³/mol. The maximum Gasteiger partial charge on any atom is 0.0994 e. The maximum absolute atomic E-state index is 8.77. The molecule has 0 atom stereocenters. The summed E-state index contributed by atoms with van der Waals surface area (Å²) in [7, 11) is 0. The number of hydrogen-bond acceptors (Lipinski definition) is 2. The molecule has 13 heavy (non-hydrogen) atoms. The molecule has 0 aliphatic carbocycles. The van der Waals surface area contributed by atoms with E-state index in [1.54, 1.807) is 12.5 Å². The second-order valence-electron chi connectivity index (χ2n) is 2.89.